The van der Waals surface area contributed by atoms with E-state index in [1.54, 1.807) is 24.0 Å². The lowest BCUT2D eigenvalue weighted by Gasteiger charge is -2.17. The van der Waals surface area contributed by atoms with Gasteiger partial charge in [-0.05, 0) is 44.0 Å². The monoisotopic (exact) mass is 373 g/mol. The van der Waals surface area contributed by atoms with Crippen molar-refractivity contribution in [2.45, 2.75) is 27.3 Å². The number of rotatable bonds is 5. The molecule has 2 aromatic heterocycles. The molecular formula is C19H20FN3O2S. The predicted octanol–water partition coefficient (Wildman–Crippen LogP) is 3.44. The van der Waals surface area contributed by atoms with Gasteiger partial charge in [-0.15, -0.1) is 11.3 Å². The number of amides is 1. The molecule has 7 heteroatoms. The SMILES string of the molecule is CCN(CC)C(=O)c1sc2ncn(Cc3cccc(F)c3)c(=O)c2c1C. The third-order valence-corrected chi connectivity index (χ3v) is 5.59. The van der Waals surface area contributed by atoms with Crippen molar-refractivity contribution in [1.82, 2.24) is 14.5 Å². The van der Waals surface area contributed by atoms with Gasteiger partial charge in [-0.3, -0.25) is 14.2 Å². The fourth-order valence-corrected chi connectivity index (χ4v) is 4.07. The van der Waals surface area contributed by atoms with E-state index in [0.29, 0.717) is 39.3 Å². The van der Waals surface area contributed by atoms with E-state index in [0.717, 1.165) is 0 Å². The predicted molar refractivity (Wildman–Crippen MR) is 101 cm³/mol. The Kier molecular flexibility index (Phi) is 5.18. The minimum Gasteiger partial charge on any atom is -0.338 e. The van der Waals surface area contributed by atoms with Gasteiger partial charge >= 0.3 is 0 Å². The first kappa shape index (κ1) is 18.3. The fourth-order valence-electron chi connectivity index (χ4n) is 2.96. The van der Waals surface area contributed by atoms with E-state index in [2.05, 4.69) is 4.98 Å². The lowest BCUT2D eigenvalue weighted by atomic mass is 10.2. The molecule has 26 heavy (non-hydrogen) atoms. The molecule has 136 valence electrons. The average molecular weight is 373 g/mol. The molecule has 3 rings (SSSR count). The van der Waals surface area contributed by atoms with E-state index in [9.17, 15) is 14.0 Å². The number of carbonyl (C=O) groups excluding carboxylic acids is 1. The van der Waals surface area contributed by atoms with Crippen molar-refractivity contribution in [3.63, 3.8) is 0 Å². The molecule has 1 aromatic carbocycles. The van der Waals surface area contributed by atoms with Gasteiger partial charge in [0.1, 0.15) is 10.6 Å². The van der Waals surface area contributed by atoms with Crippen LogP contribution in [-0.4, -0.2) is 33.4 Å². The highest BCUT2D eigenvalue weighted by Gasteiger charge is 2.22. The molecule has 0 saturated heterocycles. The van der Waals surface area contributed by atoms with Crippen LogP contribution in [0.5, 0.6) is 0 Å². The van der Waals surface area contributed by atoms with Gasteiger partial charge in [0.2, 0.25) is 0 Å². The second-order valence-electron chi connectivity index (χ2n) is 6.02. The van der Waals surface area contributed by atoms with Gasteiger partial charge in [-0.25, -0.2) is 9.37 Å². The quantitative estimate of drug-likeness (QED) is 0.688. The summed E-state index contributed by atoms with van der Waals surface area (Å²) in [7, 11) is 0. The van der Waals surface area contributed by atoms with Gasteiger partial charge in [0.15, 0.2) is 0 Å². The standard InChI is InChI=1S/C19H20FN3O2S/c1-4-22(5-2)19(25)16-12(3)15-17(26-16)21-11-23(18(15)24)10-13-7-6-8-14(20)9-13/h6-9,11H,4-5,10H2,1-3H3. The number of thiophene rings is 1. The number of aromatic nitrogens is 2. The number of benzene rings is 1. The van der Waals surface area contributed by atoms with E-state index in [1.807, 2.05) is 13.8 Å². The molecule has 0 fully saturated rings. The number of hydrogen-bond donors (Lipinski definition) is 0. The zero-order valence-electron chi connectivity index (χ0n) is 15.0. The Morgan fingerprint density at radius 1 is 1.31 bits per heavy atom. The second kappa shape index (κ2) is 7.37. The first-order chi connectivity index (χ1) is 12.5. The van der Waals surface area contributed by atoms with Crippen molar-refractivity contribution < 1.29 is 9.18 Å². The largest absolute Gasteiger partial charge is 0.338 e. The summed E-state index contributed by atoms with van der Waals surface area (Å²) in [6, 6.07) is 6.13. The summed E-state index contributed by atoms with van der Waals surface area (Å²) in [6.45, 7) is 7.09. The molecule has 0 spiro atoms. The number of hydrogen-bond acceptors (Lipinski definition) is 4. The molecule has 1 amide bonds. The Balaban J connectivity index is 2.05. The minimum atomic E-state index is -0.344. The number of halogens is 1. The number of aryl methyl sites for hydroxylation is 1. The molecular weight excluding hydrogens is 353 g/mol. The van der Waals surface area contributed by atoms with Crippen LogP contribution in [0.3, 0.4) is 0 Å². The van der Waals surface area contributed by atoms with Gasteiger partial charge in [0.05, 0.1) is 23.1 Å². The van der Waals surface area contributed by atoms with Gasteiger partial charge in [0.25, 0.3) is 11.5 Å². The van der Waals surface area contributed by atoms with Crippen molar-refractivity contribution in [1.29, 1.82) is 0 Å². The minimum absolute atomic E-state index is 0.0772. The van der Waals surface area contributed by atoms with Crippen LogP contribution < -0.4 is 5.56 Å². The molecule has 3 aromatic rings. The first-order valence-electron chi connectivity index (χ1n) is 8.48. The van der Waals surface area contributed by atoms with Crippen LogP contribution in [0.25, 0.3) is 10.2 Å². The highest BCUT2D eigenvalue weighted by atomic mass is 32.1. The molecule has 0 unspecified atom stereocenters. The highest BCUT2D eigenvalue weighted by Crippen LogP contribution is 2.28. The number of nitrogens with zero attached hydrogens (tertiary/aromatic N) is 3. The number of carbonyl (C=O) groups is 1. The van der Waals surface area contributed by atoms with Gasteiger partial charge in [-0.2, -0.15) is 0 Å². The van der Waals surface area contributed by atoms with Gasteiger partial charge in [-0.1, -0.05) is 12.1 Å². The van der Waals surface area contributed by atoms with Crippen LogP contribution in [-0.2, 0) is 6.54 Å². The third kappa shape index (κ3) is 3.26. The summed E-state index contributed by atoms with van der Waals surface area (Å²) in [6.07, 6.45) is 1.46. The average Bonchev–Trinajstić information content (AvgIpc) is 2.96. The van der Waals surface area contributed by atoms with E-state index in [4.69, 9.17) is 0 Å². The summed E-state index contributed by atoms with van der Waals surface area (Å²) in [5.41, 5.74) is 1.13. The molecule has 0 radical (unpaired) electrons. The molecule has 0 aliphatic carbocycles. The summed E-state index contributed by atoms with van der Waals surface area (Å²) in [4.78, 5) is 32.8. The maximum atomic E-state index is 13.4. The maximum absolute atomic E-state index is 13.4. The van der Waals surface area contributed by atoms with E-state index < -0.39 is 0 Å². The number of fused-ring (bicyclic) bond motifs is 1. The molecule has 0 atom stereocenters. The lowest BCUT2D eigenvalue weighted by Crippen LogP contribution is -2.30. The maximum Gasteiger partial charge on any atom is 0.264 e. The normalized spacial score (nSPS) is 11.1. The molecule has 0 saturated carbocycles. The van der Waals surface area contributed by atoms with Crippen molar-refractivity contribution >= 4 is 27.5 Å². The Morgan fingerprint density at radius 2 is 2.04 bits per heavy atom. The Hall–Kier alpha value is -2.54. The third-order valence-electron chi connectivity index (χ3n) is 4.40. The molecule has 0 bridgehead atoms. The molecule has 5 nitrogen and oxygen atoms in total. The first-order valence-corrected chi connectivity index (χ1v) is 9.30. The van der Waals surface area contributed by atoms with Crippen LogP contribution >= 0.6 is 11.3 Å². The van der Waals surface area contributed by atoms with Crippen LogP contribution in [0.1, 0.15) is 34.6 Å². The highest BCUT2D eigenvalue weighted by molar-refractivity contribution is 7.20. The fraction of sp³-hybridized carbons (Fsp3) is 0.316. The van der Waals surface area contributed by atoms with E-state index >= 15 is 0 Å². The van der Waals surface area contributed by atoms with Crippen LogP contribution in [0.15, 0.2) is 35.4 Å². The molecule has 0 aliphatic heterocycles. The topological polar surface area (TPSA) is 55.2 Å². The zero-order valence-corrected chi connectivity index (χ0v) is 15.8. The second-order valence-corrected chi connectivity index (χ2v) is 7.02. The molecule has 0 aliphatic rings. The smallest absolute Gasteiger partial charge is 0.264 e. The van der Waals surface area contributed by atoms with Crippen molar-refractivity contribution in [3.05, 3.63) is 62.8 Å². The zero-order chi connectivity index (χ0) is 18.8. The van der Waals surface area contributed by atoms with Gasteiger partial charge in [0, 0.05) is 13.1 Å². The Labute approximate surface area is 154 Å². The summed E-state index contributed by atoms with van der Waals surface area (Å²) in [5, 5.41) is 0.462. The summed E-state index contributed by atoms with van der Waals surface area (Å²) in [5.74, 6) is -0.421. The van der Waals surface area contributed by atoms with E-state index in [-0.39, 0.29) is 23.8 Å². The Bertz CT molecular complexity index is 1020. The lowest BCUT2D eigenvalue weighted by molar-refractivity contribution is 0.0777. The van der Waals surface area contributed by atoms with Crippen LogP contribution in [0.2, 0.25) is 0 Å². The van der Waals surface area contributed by atoms with Gasteiger partial charge < -0.3 is 4.90 Å². The summed E-state index contributed by atoms with van der Waals surface area (Å²) >= 11 is 1.25. The molecule has 0 N–H and O–H groups in total. The Morgan fingerprint density at radius 3 is 2.69 bits per heavy atom. The van der Waals surface area contributed by atoms with Crippen LogP contribution in [0.4, 0.5) is 4.39 Å². The van der Waals surface area contributed by atoms with Crippen molar-refractivity contribution in [3.8, 4) is 0 Å². The summed E-state index contributed by atoms with van der Waals surface area (Å²) < 4.78 is 14.8. The van der Waals surface area contributed by atoms with E-state index in [1.165, 1.54) is 34.4 Å². The van der Waals surface area contributed by atoms with Crippen LogP contribution in [0, 0.1) is 12.7 Å². The van der Waals surface area contributed by atoms with Crippen molar-refractivity contribution in [2.75, 3.05) is 13.1 Å². The van der Waals surface area contributed by atoms with Crippen molar-refractivity contribution in [2.24, 2.45) is 0 Å². The molecule has 2 heterocycles.